The van der Waals surface area contributed by atoms with Crippen molar-refractivity contribution in [2.75, 3.05) is 27.2 Å². The van der Waals surface area contributed by atoms with E-state index in [9.17, 15) is 0 Å². The molecule has 6 nitrogen and oxygen atoms in total. The molecule has 7 heteroatoms. The van der Waals surface area contributed by atoms with Crippen LogP contribution in [-0.2, 0) is 4.74 Å². The van der Waals surface area contributed by atoms with Gasteiger partial charge in [0.25, 0.3) is 0 Å². The summed E-state index contributed by atoms with van der Waals surface area (Å²) in [6, 6.07) is 0.762. The normalized spacial score (nSPS) is 46.8. The van der Waals surface area contributed by atoms with Crippen LogP contribution in [0.2, 0.25) is 0 Å². The Kier molecular flexibility index (Phi) is 6.93. The number of rotatable bonds is 4. The highest BCUT2D eigenvalue weighted by molar-refractivity contribution is 5.19. The largest absolute Gasteiger partial charge is 0.377 e. The van der Waals surface area contributed by atoms with Crippen LogP contribution in [0.15, 0.2) is 11.6 Å². The lowest BCUT2D eigenvalue weighted by Crippen LogP contribution is -2.69. The van der Waals surface area contributed by atoms with Gasteiger partial charge in [0, 0.05) is 37.2 Å². The zero-order chi connectivity index (χ0) is 20.5. The van der Waals surface area contributed by atoms with Crippen molar-refractivity contribution >= 4 is 0 Å². The van der Waals surface area contributed by atoms with Gasteiger partial charge < -0.3 is 15.0 Å². The van der Waals surface area contributed by atoms with Crippen LogP contribution in [0.25, 0.3) is 0 Å². The zero-order valence-electron chi connectivity index (χ0n) is 18.5. The van der Waals surface area contributed by atoms with Crippen LogP contribution < -0.4 is 21.3 Å². The van der Waals surface area contributed by atoms with Gasteiger partial charge in [0.15, 0.2) is 0 Å². The monoisotopic (exact) mass is 409 g/mol. The van der Waals surface area contributed by atoms with E-state index in [0.717, 1.165) is 45.3 Å². The Morgan fingerprint density at radius 1 is 1.21 bits per heavy atom. The first-order valence-corrected chi connectivity index (χ1v) is 11.6. The Hall–Kier alpha value is -0.570. The molecule has 0 spiro atoms. The lowest BCUT2D eigenvalue weighted by molar-refractivity contribution is -0.0262. The van der Waals surface area contributed by atoms with E-state index in [1.807, 2.05) is 7.05 Å². The third-order valence-electron chi connectivity index (χ3n) is 7.71. The topological polar surface area (TPSA) is 60.6 Å². The van der Waals surface area contributed by atoms with Crippen molar-refractivity contribution in [2.45, 2.75) is 88.8 Å². The summed E-state index contributed by atoms with van der Waals surface area (Å²) in [5, 5.41) is 14.0. The van der Waals surface area contributed by atoms with Crippen molar-refractivity contribution in [2.24, 2.45) is 11.8 Å². The van der Waals surface area contributed by atoms with Crippen LogP contribution in [0.5, 0.6) is 0 Å². The molecule has 29 heavy (non-hydrogen) atoms. The van der Waals surface area contributed by atoms with Crippen molar-refractivity contribution < 1.29 is 9.13 Å². The molecule has 1 saturated carbocycles. The van der Waals surface area contributed by atoms with Crippen LogP contribution in [0.1, 0.15) is 46.0 Å². The fourth-order valence-corrected chi connectivity index (χ4v) is 5.74. The molecule has 166 valence electrons. The summed E-state index contributed by atoms with van der Waals surface area (Å²) in [5.41, 5.74) is 1.28. The first-order valence-electron chi connectivity index (χ1n) is 11.6. The summed E-state index contributed by atoms with van der Waals surface area (Å²) < 4.78 is 22.1. The first-order chi connectivity index (χ1) is 14.0. The number of nitrogens with zero attached hydrogens (tertiary/aromatic N) is 1. The molecule has 0 aromatic carbocycles. The van der Waals surface area contributed by atoms with Gasteiger partial charge in [-0.3, -0.25) is 16.0 Å². The Balaban J connectivity index is 1.49. The van der Waals surface area contributed by atoms with Gasteiger partial charge in [-0.1, -0.05) is 11.6 Å². The van der Waals surface area contributed by atoms with E-state index in [1.54, 1.807) is 0 Å². The fourth-order valence-electron chi connectivity index (χ4n) is 5.74. The second kappa shape index (κ2) is 9.28. The van der Waals surface area contributed by atoms with Gasteiger partial charge in [-0.05, 0) is 66.0 Å². The van der Waals surface area contributed by atoms with Gasteiger partial charge in [0.2, 0.25) is 0 Å². The van der Waals surface area contributed by atoms with E-state index in [4.69, 9.17) is 4.74 Å². The fraction of sp³-hybridized carbons (Fsp3) is 0.909. The molecule has 9 atom stereocenters. The molecule has 9 unspecified atom stereocenters. The third kappa shape index (κ3) is 4.70. The maximum Gasteiger partial charge on any atom is 0.124 e. The van der Waals surface area contributed by atoms with Crippen molar-refractivity contribution in [1.29, 1.82) is 0 Å². The van der Waals surface area contributed by atoms with Crippen molar-refractivity contribution in [3.05, 3.63) is 11.6 Å². The minimum atomic E-state index is -0.923. The predicted molar refractivity (Wildman–Crippen MR) is 114 cm³/mol. The van der Waals surface area contributed by atoms with E-state index < -0.39 is 6.17 Å². The highest BCUT2D eigenvalue weighted by Crippen LogP contribution is 2.44. The molecule has 4 rings (SSSR count). The Labute approximate surface area is 175 Å². The Morgan fingerprint density at radius 3 is 2.83 bits per heavy atom. The number of alkyl halides is 1. The zero-order valence-corrected chi connectivity index (χ0v) is 18.5. The molecule has 1 aliphatic carbocycles. The summed E-state index contributed by atoms with van der Waals surface area (Å²) >= 11 is 0. The molecule has 4 aliphatic rings. The first kappa shape index (κ1) is 21.7. The molecule has 3 aliphatic heterocycles. The van der Waals surface area contributed by atoms with Crippen molar-refractivity contribution in [3.8, 4) is 0 Å². The summed E-state index contributed by atoms with van der Waals surface area (Å²) in [7, 11) is 4.13. The quantitative estimate of drug-likeness (QED) is 0.529. The van der Waals surface area contributed by atoms with Crippen LogP contribution >= 0.6 is 0 Å². The van der Waals surface area contributed by atoms with Gasteiger partial charge >= 0.3 is 0 Å². The molecular formula is C22H40FN5O. The maximum atomic E-state index is 16.0. The van der Waals surface area contributed by atoms with Crippen molar-refractivity contribution in [3.63, 3.8) is 0 Å². The molecule has 0 aromatic heterocycles. The highest BCUT2D eigenvalue weighted by Gasteiger charge is 2.50. The number of ether oxygens (including phenoxy) is 1. The predicted octanol–water partition coefficient (Wildman–Crippen LogP) is 1.55. The molecule has 0 aromatic rings. The smallest absolute Gasteiger partial charge is 0.124 e. The minimum absolute atomic E-state index is 0.0456. The van der Waals surface area contributed by atoms with E-state index >= 15 is 4.39 Å². The van der Waals surface area contributed by atoms with E-state index in [0.29, 0.717) is 18.0 Å². The number of hydrogen-bond donors (Lipinski definition) is 4. The van der Waals surface area contributed by atoms with Gasteiger partial charge in [-0.15, -0.1) is 0 Å². The van der Waals surface area contributed by atoms with E-state index in [-0.39, 0.29) is 30.5 Å². The second-order valence-corrected chi connectivity index (χ2v) is 9.71. The second-order valence-electron chi connectivity index (χ2n) is 9.71. The van der Waals surface area contributed by atoms with Gasteiger partial charge in [0.1, 0.15) is 12.5 Å². The van der Waals surface area contributed by atoms with Gasteiger partial charge in [0.05, 0.1) is 12.3 Å². The average molecular weight is 410 g/mol. The molecule has 3 fully saturated rings. The van der Waals surface area contributed by atoms with E-state index in [2.05, 4.69) is 53.1 Å². The van der Waals surface area contributed by atoms with Crippen LogP contribution in [0.4, 0.5) is 4.39 Å². The summed E-state index contributed by atoms with van der Waals surface area (Å²) in [5.74, 6) is 0.332. The minimum Gasteiger partial charge on any atom is -0.377 e. The van der Waals surface area contributed by atoms with Gasteiger partial charge in [-0.2, -0.15) is 0 Å². The number of likely N-dealkylation sites (N-methyl/N-ethyl adjacent to an activating group) is 1. The Bertz CT molecular complexity index is 590. The molecule has 0 bridgehead atoms. The number of fused-ring (bicyclic) bond motifs is 1. The molecule has 3 heterocycles. The number of hydrogen-bond acceptors (Lipinski definition) is 6. The lowest BCUT2D eigenvalue weighted by atomic mass is 9.70. The van der Waals surface area contributed by atoms with Crippen molar-refractivity contribution in [1.82, 2.24) is 26.2 Å². The summed E-state index contributed by atoms with van der Waals surface area (Å²) in [4.78, 5) is 2.36. The standard InChI is InChI=1S/C22H40FN5O/c1-13-11-18(24-3)27-22(25-13)26-17-12-16-8-10-29-21(16)19(20(17)23)15-6-5-14(2)28(4)9-7-15/h7,13-14,16-22,24-27H,5-6,8-12H2,1-4H3. The molecular weight excluding hydrogens is 369 g/mol. The summed E-state index contributed by atoms with van der Waals surface area (Å²) in [6.45, 7) is 6.13. The van der Waals surface area contributed by atoms with Crippen LogP contribution in [0.3, 0.4) is 0 Å². The Morgan fingerprint density at radius 2 is 2.03 bits per heavy atom. The molecule has 2 saturated heterocycles. The highest BCUT2D eigenvalue weighted by atomic mass is 19.1. The number of halogens is 1. The van der Waals surface area contributed by atoms with E-state index in [1.165, 1.54) is 5.57 Å². The van der Waals surface area contributed by atoms with Crippen LogP contribution in [0, 0.1) is 11.8 Å². The maximum absolute atomic E-state index is 16.0. The molecule has 0 amide bonds. The molecule has 4 N–H and O–H groups in total. The average Bonchev–Trinajstić information content (AvgIpc) is 3.09. The van der Waals surface area contributed by atoms with Gasteiger partial charge in [-0.25, -0.2) is 4.39 Å². The molecule has 0 radical (unpaired) electrons. The lowest BCUT2D eigenvalue weighted by Gasteiger charge is -2.45. The third-order valence-corrected chi connectivity index (χ3v) is 7.71. The summed E-state index contributed by atoms with van der Waals surface area (Å²) in [6.07, 6.45) is 6.57. The SMILES string of the molecule is CNC1CC(C)NC(NC2CC3CCOC3C(C3=CCN(C)C(C)CC3)C2F)N1. The number of nitrogens with one attached hydrogen (secondary N) is 4. The van der Waals surface area contributed by atoms with Crippen LogP contribution in [-0.4, -0.2) is 75.0 Å².